The Bertz CT molecular complexity index is 393. The Morgan fingerprint density at radius 1 is 1.29 bits per heavy atom. The predicted octanol–water partition coefficient (Wildman–Crippen LogP) is 3.10. The van der Waals surface area contributed by atoms with Gasteiger partial charge in [0.15, 0.2) is 5.11 Å². The molecule has 1 N–H and O–H groups in total. The maximum absolute atomic E-state index is 13.6. The van der Waals surface area contributed by atoms with Gasteiger partial charge in [-0.05, 0) is 39.1 Å². The molecule has 1 aromatic rings. The zero-order valence-corrected chi connectivity index (χ0v) is 11.5. The second-order valence-corrected chi connectivity index (χ2v) is 4.80. The summed E-state index contributed by atoms with van der Waals surface area (Å²) in [7, 11) is 1.87. The lowest BCUT2D eigenvalue weighted by atomic mass is 10.1. The summed E-state index contributed by atoms with van der Waals surface area (Å²) in [5.41, 5.74) is 0.655. The number of halogens is 1. The van der Waals surface area contributed by atoms with Crippen molar-refractivity contribution in [1.29, 1.82) is 0 Å². The van der Waals surface area contributed by atoms with Gasteiger partial charge >= 0.3 is 0 Å². The van der Waals surface area contributed by atoms with Crippen molar-refractivity contribution in [1.82, 2.24) is 10.2 Å². The third-order valence-electron chi connectivity index (χ3n) is 2.67. The summed E-state index contributed by atoms with van der Waals surface area (Å²) in [6.45, 7) is 5.98. The van der Waals surface area contributed by atoms with Gasteiger partial charge in [-0.25, -0.2) is 4.39 Å². The molecule has 0 heterocycles. The van der Waals surface area contributed by atoms with E-state index in [1.54, 1.807) is 12.1 Å². The van der Waals surface area contributed by atoms with Crippen LogP contribution in [0.1, 0.15) is 32.4 Å². The average Bonchev–Trinajstić information content (AvgIpc) is 2.27. The van der Waals surface area contributed by atoms with E-state index in [9.17, 15) is 4.39 Å². The number of benzene rings is 1. The standard InChI is InChI=1S/C13H19FN2S/c1-9(2)15-13(17)16(4)10(3)11-7-5-6-8-12(11)14/h5-10H,1-4H3,(H,15,17). The van der Waals surface area contributed by atoms with E-state index >= 15 is 0 Å². The van der Waals surface area contributed by atoms with Crippen LogP contribution in [0.3, 0.4) is 0 Å². The van der Waals surface area contributed by atoms with Crippen LogP contribution in [-0.2, 0) is 0 Å². The van der Waals surface area contributed by atoms with E-state index in [0.29, 0.717) is 10.7 Å². The van der Waals surface area contributed by atoms with Crippen LogP contribution in [0.4, 0.5) is 4.39 Å². The molecule has 0 aliphatic rings. The van der Waals surface area contributed by atoms with Crippen molar-refractivity contribution in [3.8, 4) is 0 Å². The molecule has 1 rings (SSSR count). The van der Waals surface area contributed by atoms with E-state index in [1.807, 2.05) is 38.8 Å². The summed E-state index contributed by atoms with van der Waals surface area (Å²) in [4.78, 5) is 1.87. The minimum atomic E-state index is -0.195. The summed E-state index contributed by atoms with van der Waals surface area (Å²) in [5, 5.41) is 3.78. The van der Waals surface area contributed by atoms with Crippen molar-refractivity contribution in [2.75, 3.05) is 7.05 Å². The lowest BCUT2D eigenvalue weighted by Crippen LogP contribution is -2.41. The summed E-state index contributed by atoms with van der Waals surface area (Å²) in [5.74, 6) is -0.195. The number of nitrogens with one attached hydrogen (secondary N) is 1. The predicted molar refractivity (Wildman–Crippen MR) is 73.4 cm³/mol. The molecule has 0 aliphatic heterocycles. The van der Waals surface area contributed by atoms with Gasteiger partial charge in [0.2, 0.25) is 0 Å². The second kappa shape index (κ2) is 5.96. The third kappa shape index (κ3) is 3.66. The van der Waals surface area contributed by atoms with E-state index in [2.05, 4.69) is 5.32 Å². The molecule has 17 heavy (non-hydrogen) atoms. The normalized spacial score (nSPS) is 12.4. The SMILES string of the molecule is CC(C)NC(=S)N(C)C(C)c1ccccc1F. The lowest BCUT2D eigenvalue weighted by Gasteiger charge is -2.29. The van der Waals surface area contributed by atoms with Crippen LogP contribution in [-0.4, -0.2) is 23.1 Å². The zero-order chi connectivity index (χ0) is 13.0. The van der Waals surface area contributed by atoms with Gasteiger partial charge in [-0.3, -0.25) is 0 Å². The highest BCUT2D eigenvalue weighted by atomic mass is 32.1. The summed E-state index contributed by atoms with van der Waals surface area (Å²) < 4.78 is 13.6. The smallest absolute Gasteiger partial charge is 0.169 e. The Morgan fingerprint density at radius 3 is 2.41 bits per heavy atom. The Labute approximate surface area is 108 Å². The highest BCUT2D eigenvalue weighted by Gasteiger charge is 2.17. The van der Waals surface area contributed by atoms with Crippen LogP contribution in [0.25, 0.3) is 0 Å². The van der Waals surface area contributed by atoms with Crippen molar-refractivity contribution in [2.45, 2.75) is 32.9 Å². The van der Waals surface area contributed by atoms with Crippen molar-refractivity contribution < 1.29 is 4.39 Å². The fraction of sp³-hybridized carbons (Fsp3) is 0.462. The molecule has 1 aromatic carbocycles. The van der Waals surface area contributed by atoms with Gasteiger partial charge in [-0.2, -0.15) is 0 Å². The van der Waals surface area contributed by atoms with Gasteiger partial charge in [0.05, 0.1) is 6.04 Å². The molecule has 0 saturated carbocycles. The molecule has 1 unspecified atom stereocenters. The molecule has 0 fully saturated rings. The summed E-state index contributed by atoms with van der Waals surface area (Å²) >= 11 is 5.26. The molecule has 0 bridgehead atoms. The highest BCUT2D eigenvalue weighted by Crippen LogP contribution is 2.21. The highest BCUT2D eigenvalue weighted by molar-refractivity contribution is 7.80. The van der Waals surface area contributed by atoms with Gasteiger partial charge < -0.3 is 10.2 Å². The number of hydrogen-bond donors (Lipinski definition) is 1. The largest absolute Gasteiger partial charge is 0.360 e. The summed E-state index contributed by atoms with van der Waals surface area (Å²) in [6, 6.07) is 6.97. The Balaban J connectivity index is 2.80. The van der Waals surface area contributed by atoms with E-state index < -0.39 is 0 Å². The lowest BCUT2D eigenvalue weighted by molar-refractivity contribution is 0.379. The third-order valence-corrected chi connectivity index (χ3v) is 3.07. The molecular formula is C13H19FN2S. The minimum Gasteiger partial charge on any atom is -0.360 e. The molecule has 0 aliphatic carbocycles. The Hall–Kier alpha value is -1.16. The van der Waals surface area contributed by atoms with Crippen LogP contribution in [0, 0.1) is 5.82 Å². The molecule has 0 saturated heterocycles. The van der Waals surface area contributed by atoms with Crippen LogP contribution in [0.15, 0.2) is 24.3 Å². The van der Waals surface area contributed by atoms with E-state index in [4.69, 9.17) is 12.2 Å². The molecule has 0 radical (unpaired) electrons. The van der Waals surface area contributed by atoms with Crippen molar-refractivity contribution in [2.24, 2.45) is 0 Å². The van der Waals surface area contributed by atoms with Gasteiger partial charge in [-0.1, -0.05) is 18.2 Å². The van der Waals surface area contributed by atoms with Crippen LogP contribution >= 0.6 is 12.2 Å². The molecule has 0 aromatic heterocycles. The number of nitrogens with zero attached hydrogens (tertiary/aromatic N) is 1. The van der Waals surface area contributed by atoms with E-state index in [-0.39, 0.29) is 17.9 Å². The van der Waals surface area contributed by atoms with E-state index in [0.717, 1.165) is 0 Å². The maximum atomic E-state index is 13.6. The number of rotatable bonds is 3. The number of hydrogen-bond acceptors (Lipinski definition) is 1. The maximum Gasteiger partial charge on any atom is 0.169 e. The first-order chi connectivity index (χ1) is 7.93. The zero-order valence-electron chi connectivity index (χ0n) is 10.7. The monoisotopic (exact) mass is 254 g/mol. The fourth-order valence-electron chi connectivity index (χ4n) is 1.55. The van der Waals surface area contributed by atoms with E-state index in [1.165, 1.54) is 6.07 Å². The molecule has 1 atom stereocenters. The van der Waals surface area contributed by atoms with Gasteiger partial charge in [-0.15, -0.1) is 0 Å². The molecular weight excluding hydrogens is 235 g/mol. The van der Waals surface area contributed by atoms with Crippen molar-refractivity contribution in [3.63, 3.8) is 0 Å². The number of thiocarbonyl (C=S) groups is 1. The quantitative estimate of drug-likeness (QED) is 0.834. The van der Waals surface area contributed by atoms with Gasteiger partial charge in [0, 0.05) is 18.7 Å². The topological polar surface area (TPSA) is 15.3 Å². The fourth-order valence-corrected chi connectivity index (χ4v) is 1.94. The molecule has 0 amide bonds. The Kier molecular flexibility index (Phi) is 4.87. The van der Waals surface area contributed by atoms with Crippen LogP contribution < -0.4 is 5.32 Å². The average molecular weight is 254 g/mol. The first-order valence-electron chi connectivity index (χ1n) is 5.71. The van der Waals surface area contributed by atoms with Crippen molar-refractivity contribution >= 4 is 17.3 Å². The Morgan fingerprint density at radius 2 is 1.88 bits per heavy atom. The molecule has 94 valence electrons. The first-order valence-corrected chi connectivity index (χ1v) is 6.12. The van der Waals surface area contributed by atoms with Crippen LogP contribution in [0.2, 0.25) is 0 Å². The van der Waals surface area contributed by atoms with Gasteiger partial charge in [0.25, 0.3) is 0 Å². The summed E-state index contributed by atoms with van der Waals surface area (Å²) in [6.07, 6.45) is 0. The minimum absolute atomic E-state index is 0.0880. The van der Waals surface area contributed by atoms with Gasteiger partial charge in [0.1, 0.15) is 5.82 Å². The molecule has 0 spiro atoms. The first kappa shape index (κ1) is 13.9. The molecule has 4 heteroatoms. The van der Waals surface area contributed by atoms with Crippen molar-refractivity contribution in [3.05, 3.63) is 35.6 Å². The van der Waals surface area contributed by atoms with Crippen LogP contribution in [0.5, 0.6) is 0 Å². The second-order valence-electron chi connectivity index (χ2n) is 4.41. The molecule has 2 nitrogen and oxygen atoms in total.